The van der Waals surface area contributed by atoms with Crippen LogP contribution in [0.3, 0.4) is 0 Å². The molecule has 2 unspecified atom stereocenters. The van der Waals surface area contributed by atoms with Crippen molar-refractivity contribution in [3.63, 3.8) is 0 Å². The molecule has 2 atom stereocenters. The van der Waals surface area contributed by atoms with E-state index < -0.39 is 12.1 Å². The second-order valence-corrected chi connectivity index (χ2v) is 3.09. The second kappa shape index (κ2) is 4.71. The first-order valence-electron chi connectivity index (χ1n) is 4.32. The summed E-state index contributed by atoms with van der Waals surface area (Å²) in [5.74, 6) is -0.961. The average Bonchev–Trinajstić information content (AvgIpc) is 2.56. The van der Waals surface area contributed by atoms with Crippen LogP contribution in [0.1, 0.15) is 19.5 Å². The summed E-state index contributed by atoms with van der Waals surface area (Å²) in [4.78, 5) is 10.5. The number of aromatic nitrogens is 3. The van der Waals surface area contributed by atoms with Gasteiger partial charge in [0.25, 0.3) is 0 Å². The Bertz CT molecular complexity index is 286. The third-order valence-electron chi connectivity index (χ3n) is 1.75. The highest BCUT2D eigenvalue weighted by Gasteiger charge is 2.15. The number of carbonyl (C=O) groups is 1. The van der Waals surface area contributed by atoms with Gasteiger partial charge >= 0.3 is 5.97 Å². The van der Waals surface area contributed by atoms with Crippen LogP contribution in [0, 0.1) is 0 Å². The second-order valence-electron chi connectivity index (χ2n) is 3.09. The summed E-state index contributed by atoms with van der Waals surface area (Å²) in [7, 11) is 0. The molecule has 0 aromatic carbocycles. The summed E-state index contributed by atoms with van der Waals surface area (Å²) >= 11 is 0. The molecule has 78 valence electrons. The van der Waals surface area contributed by atoms with E-state index in [0.717, 1.165) is 5.69 Å². The van der Waals surface area contributed by atoms with Crippen LogP contribution >= 0.6 is 0 Å². The minimum Gasteiger partial charge on any atom is -0.479 e. The maximum atomic E-state index is 10.5. The fourth-order valence-electron chi connectivity index (χ4n) is 1.07. The molecular weight excluding hydrogens is 186 g/mol. The predicted molar refractivity (Wildman–Crippen MR) is 47.7 cm³/mol. The number of nitrogens with one attached hydrogen (secondary N) is 1. The third-order valence-corrected chi connectivity index (χ3v) is 1.75. The lowest BCUT2D eigenvalue weighted by Gasteiger charge is -2.14. The van der Waals surface area contributed by atoms with Crippen molar-refractivity contribution in [3.05, 3.63) is 11.9 Å². The summed E-state index contributed by atoms with van der Waals surface area (Å²) in [5.41, 5.74) is 0.759. The summed E-state index contributed by atoms with van der Waals surface area (Å²) in [6.07, 6.45) is 1.16. The van der Waals surface area contributed by atoms with E-state index in [0.29, 0.717) is 6.42 Å². The Balaban J connectivity index is 2.36. The van der Waals surface area contributed by atoms with Crippen LogP contribution in [0.25, 0.3) is 0 Å². The molecule has 1 aromatic rings. The van der Waals surface area contributed by atoms with Crippen LogP contribution in [-0.4, -0.2) is 38.7 Å². The van der Waals surface area contributed by atoms with Crippen LogP contribution < -0.4 is 0 Å². The Morgan fingerprint density at radius 1 is 1.71 bits per heavy atom. The van der Waals surface area contributed by atoms with E-state index in [9.17, 15) is 4.79 Å². The number of rotatable bonds is 5. The number of aliphatic carboxylic acids is 1. The van der Waals surface area contributed by atoms with Crippen molar-refractivity contribution in [2.75, 3.05) is 0 Å². The van der Waals surface area contributed by atoms with Gasteiger partial charge in [0.1, 0.15) is 0 Å². The summed E-state index contributed by atoms with van der Waals surface area (Å²) in [5, 5.41) is 18.6. The number of carboxylic acid groups (broad SMARTS) is 1. The Kier molecular flexibility index (Phi) is 3.58. The Morgan fingerprint density at radius 3 is 2.93 bits per heavy atom. The zero-order chi connectivity index (χ0) is 10.6. The molecule has 1 heterocycles. The van der Waals surface area contributed by atoms with Crippen molar-refractivity contribution in [2.24, 2.45) is 0 Å². The van der Waals surface area contributed by atoms with Crippen molar-refractivity contribution in [1.29, 1.82) is 0 Å². The SMILES string of the molecule is CC(Cc1cn[nH]n1)OC(C)C(=O)O. The number of nitrogens with zero attached hydrogens (tertiary/aromatic N) is 2. The van der Waals surface area contributed by atoms with Crippen LogP contribution in [0.2, 0.25) is 0 Å². The first-order valence-corrected chi connectivity index (χ1v) is 4.32. The van der Waals surface area contributed by atoms with Gasteiger partial charge in [-0.05, 0) is 13.8 Å². The molecule has 0 aliphatic carbocycles. The van der Waals surface area contributed by atoms with Crippen LogP contribution in [0.4, 0.5) is 0 Å². The first kappa shape index (κ1) is 10.6. The van der Waals surface area contributed by atoms with Gasteiger partial charge in [-0.25, -0.2) is 4.79 Å². The molecule has 0 spiro atoms. The Labute approximate surface area is 81.3 Å². The molecule has 0 saturated carbocycles. The highest BCUT2D eigenvalue weighted by atomic mass is 16.5. The summed E-state index contributed by atoms with van der Waals surface area (Å²) in [6.45, 7) is 3.30. The van der Waals surface area contributed by atoms with E-state index in [1.54, 1.807) is 13.1 Å². The first-order chi connectivity index (χ1) is 6.59. The lowest BCUT2D eigenvalue weighted by Crippen LogP contribution is -2.26. The molecule has 14 heavy (non-hydrogen) atoms. The van der Waals surface area contributed by atoms with Crippen LogP contribution in [-0.2, 0) is 16.0 Å². The van der Waals surface area contributed by atoms with E-state index in [4.69, 9.17) is 9.84 Å². The summed E-state index contributed by atoms with van der Waals surface area (Å²) < 4.78 is 5.20. The molecule has 1 rings (SSSR count). The topological polar surface area (TPSA) is 88.1 Å². The predicted octanol–water partition coefficient (Wildman–Crippen LogP) is 0.225. The van der Waals surface area contributed by atoms with E-state index in [2.05, 4.69) is 15.4 Å². The van der Waals surface area contributed by atoms with E-state index in [1.807, 2.05) is 0 Å². The number of H-pyrrole nitrogens is 1. The van der Waals surface area contributed by atoms with Gasteiger partial charge in [0.2, 0.25) is 0 Å². The van der Waals surface area contributed by atoms with Crippen molar-refractivity contribution in [3.8, 4) is 0 Å². The number of carboxylic acids is 1. The Hall–Kier alpha value is -1.43. The fourth-order valence-corrected chi connectivity index (χ4v) is 1.07. The molecule has 0 fully saturated rings. The van der Waals surface area contributed by atoms with E-state index >= 15 is 0 Å². The average molecular weight is 199 g/mol. The van der Waals surface area contributed by atoms with Crippen LogP contribution in [0.5, 0.6) is 0 Å². The molecule has 0 saturated heterocycles. The van der Waals surface area contributed by atoms with Gasteiger partial charge in [0.05, 0.1) is 18.0 Å². The van der Waals surface area contributed by atoms with Gasteiger partial charge < -0.3 is 9.84 Å². The maximum Gasteiger partial charge on any atom is 0.332 e. The molecule has 1 aromatic heterocycles. The van der Waals surface area contributed by atoms with Crippen molar-refractivity contribution < 1.29 is 14.6 Å². The van der Waals surface area contributed by atoms with Gasteiger partial charge in [-0.15, -0.1) is 0 Å². The standard InChI is InChI=1S/C8H13N3O3/c1-5(14-6(2)8(12)13)3-7-4-9-11-10-7/h4-6H,3H2,1-2H3,(H,12,13)(H,9,10,11). The van der Waals surface area contributed by atoms with Gasteiger partial charge in [-0.1, -0.05) is 0 Å². The minimum absolute atomic E-state index is 0.189. The van der Waals surface area contributed by atoms with E-state index in [-0.39, 0.29) is 6.10 Å². The zero-order valence-electron chi connectivity index (χ0n) is 8.10. The summed E-state index contributed by atoms with van der Waals surface area (Å²) in [6, 6.07) is 0. The number of aromatic amines is 1. The molecule has 0 aliphatic heterocycles. The lowest BCUT2D eigenvalue weighted by atomic mass is 10.2. The molecular formula is C8H13N3O3. The third kappa shape index (κ3) is 3.14. The molecule has 0 radical (unpaired) electrons. The lowest BCUT2D eigenvalue weighted by molar-refractivity contribution is -0.152. The van der Waals surface area contributed by atoms with Gasteiger partial charge in [-0.3, -0.25) is 0 Å². The quantitative estimate of drug-likeness (QED) is 0.708. The van der Waals surface area contributed by atoms with Gasteiger partial charge in [0, 0.05) is 6.42 Å². The number of hydrogen-bond acceptors (Lipinski definition) is 4. The molecule has 0 bridgehead atoms. The highest BCUT2D eigenvalue weighted by Crippen LogP contribution is 2.04. The van der Waals surface area contributed by atoms with Gasteiger partial charge in [-0.2, -0.15) is 15.4 Å². The normalized spacial score (nSPS) is 15.0. The molecule has 0 amide bonds. The van der Waals surface area contributed by atoms with Crippen LogP contribution in [0.15, 0.2) is 6.20 Å². The molecule has 6 nitrogen and oxygen atoms in total. The van der Waals surface area contributed by atoms with Crippen molar-refractivity contribution in [1.82, 2.24) is 15.4 Å². The van der Waals surface area contributed by atoms with E-state index in [1.165, 1.54) is 6.92 Å². The molecule has 0 aliphatic rings. The maximum absolute atomic E-state index is 10.5. The smallest absolute Gasteiger partial charge is 0.332 e. The number of ether oxygens (including phenoxy) is 1. The Morgan fingerprint density at radius 2 is 2.43 bits per heavy atom. The molecule has 2 N–H and O–H groups in total. The minimum atomic E-state index is -0.961. The highest BCUT2D eigenvalue weighted by molar-refractivity contribution is 5.71. The van der Waals surface area contributed by atoms with Crippen molar-refractivity contribution >= 4 is 5.97 Å². The largest absolute Gasteiger partial charge is 0.479 e. The fraction of sp³-hybridized carbons (Fsp3) is 0.625. The molecule has 6 heteroatoms. The van der Waals surface area contributed by atoms with Crippen molar-refractivity contribution in [2.45, 2.75) is 32.5 Å². The van der Waals surface area contributed by atoms with Gasteiger partial charge in [0.15, 0.2) is 6.10 Å². The zero-order valence-corrected chi connectivity index (χ0v) is 8.10. The number of hydrogen-bond donors (Lipinski definition) is 2. The monoisotopic (exact) mass is 199 g/mol.